The molecule has 0 aliphatic carbocycles. The van der Waals surface area contributed by atoms with Crippen molar-refractivity contribution in [1.29, 1.82) is 0 Å². The minimum Gasteiger partial charge on any atom is -0.357 e. The minimum absolute atomic E-state index is 0.614. The summed E-state index contributed by atoms with van der Waals surface area (Å²) in [4.78, 5) is 9.87. The first kappa shape index (κ1) is 15.4. The van der Waals surface area contributed by atoms with Crippen LogP contribution in [0.1, 0.15) is 12.5 Å². The summed E-state index contributed by atoms with van der Waals surface area (Å²) in [7, 11) is 2.04. The van der Waals surface area contributed by atoms with Crippen LogP contribution in [0.2, 0.25) is 0 Å². The van der Waals surface area contributed by atoms with Gasteiger partial charge in [-0.2, -0.15) is 0 Å². The lowest BCUT2D eigenvalue weighted by Crippen LogP contribution is -2.63. The Labute approximate surface area is 133 Å². The summed E-state index contributed by atoms with van der Waals surface area (Å²) in [6.07, 6.45) is 4.18. The van der Waals surface area contributed by atoms with Crippen molar-refractivity contribution in [2.45, 2.75) is 19.5 Å². The van der Waals surface area contributed by atoms with E-state index < -0.39 is 0 Å². The second-order valence-corrected chi connectivity index (χ2v) is 6.25. The number of nitrogens with zero attached hydrogens (tertiary/aromatic N) is 4. The number of rotatable bonds is 5. The van der Waals surface area contributed by atoms with Crippen LogP contribution in [-0.4, -0.2) is 72.2 Å². The molecule has 2 N–H and O–H groups in total. The zero-order chi connectivity index (χ0) is 15.4. The molecule has 0 saturated carbocycles. The molecule has 3 aliphatic heterocycles. The second-order valence-electron chi connectivity index (χ2n) is 6.25. The molecule has 4 heterocycles. The molecule has 4 rings (SSSR count). The Morgan fingerprint density at radius 1 is 1.27 bits per heavy atom. The zero-order valence-corrected chi connectivity index (χ0v) is 13.8. The van der Waals surface area contributed by atoms with Crippen molar-refractivity contribution in [3.8, 4) is 0 Å². The number of guanidine groups is 1. The number of aromatic nitrogens is 1. The van der Waals surface area contributed by atoms with Crippen molar-refractivity contribution < 1.29 is 0 Å². The van der Waals surface area contributed by atoms with Gasteiger partial charge in [0.05, 0.1) is 6.54 Å². The molecule has 22 heavy (non-hydrogen) atoms. The lowest BCUT2D eigenvalue weighted by molar-refractivity contribution is 0.0154. The molecular weight excluding hydrogens is 276 g/mol. The highest BCUT2D eigenvalue weighted by molar-refractivity contribution is 5.79. The van der Waals surface area contributed by atoms with Crippen molar-refractivity contribution in [3.05, 3.63) is 24.0 Å². The molecule has 0 spiro atoms. The molecule has 0 radical (unpaired) electrons. The molecule has 0 amide bonds. The van der Waals surface area contributed by atoms with Gasteiger partial charge in [-0.1, -0.05) is 0 Å². The highest BCUT2D eigenvalue weighted by Gasteiger charge is 2.31. The maximum Gasteiger partial charge on any atom is 0.191 e. The zero-order valence-electron chi connectivity index (χ0n) is 13.8. The average molecular weight is 304 g/mol. The van der Waals surface area contributed by atoms with Crippen molar-refractivity contribution in [1.82, 2.24) is 25.0 Å². The highest BCUT2D eigenvalue weighted by Crippen LogP contribution is 2.14. The minimum atomic E-state index is 0.614. The Hall–Kier alpha value is -1.53. The summed E-state index contributed by atoms with van der Waals surface area (Å²) in [6.45, 7) is 10.8. The van der Waals surface area contributed by atoms with Crippen LogP contribution in [0, 0.1) is 0 Å². The van der Waals surface area contributed by atoms with E-state index in [0.717, 1.165) is 25.6 Å². The number of piperazine rings is 3. The molecule has 6 heteroatoms. The van der Waals surface area contributed by atoms with E-state index in [1.165, 1.54) is 38.3 Å². The SMILES string of the molecule is CCNC(=NCc1ccn(C)c1)NCC1CN2CCN1CC2. The smallest absolute Gasteiger partial charge is 0.191 e. The molecule has 2 bridgehead atoms. The van der Waals surface area contributed by atoms with Gasteiger partial charge in [-0.3, -0.25) is 9.80 Å². The van der Waals surface area contributed by atoms with Crippen molar-refractivity contribution >= 4 is 5.96 Å². The Kier molecular flexibility index (Phi) is 5.00. The Bertz CT molecular complexity index is 500. The summed E-state index contributed by atoms with van der Waals surface area (Å²) in [5.41, 5.74) is 1.24. The van der Waals surface area contributed by atoms with E-state index in [1.54, 1.807) is 0 Å². The fourth-order valence-electron chi connectivity index (χ4n) is 3.30. The summed E-state index contributed by atoms with van der Waals surface area (Å²) in [5.74, 6) is 0.920. The molecule has 1 atom stereocenters. The number of hydrogen-bond acceptors (Lipinski definition) is 3. The fraction of sp³-hybridized carbons (Fsp3) is 0.688. The third kappa shape index (κ3) is 3.81. The quantitative estimate of drug-likeness (QED) is 0.597. The number of aliphatic imine (C=N–C) groups is 1. The highest BCUT2D eigenvalue weighted by atomic mass is 15.4. The van der Waals surface area contributed by atoms with Crippen molar-refractivity contribution in [2.75, 3.05) is 45.8 Å². The predicted octanol–water partition coefficient (Wildman–Crippen LogP) is 0.0800. The monoisotopic (exact) mass is 304 g/mol. The van der Waals surface area contributed by atoms with Gasteiger partial charge >= 0.3 is 0 Å². The maximum atomic E-state index is 4.69. The van der Waals surface area contributed by atoms with Crippen LogP contribution in [0.15, 0.2) is 23.5 Å². The van der Waals surface area contributed by atoms with E-state index >= 15 is 0 Å². The number of nitrogens with one attached hydrogen (secondary N) is 2. The molecule has 1 aromatic rings. The lowest BCUT2D eigenvalue weighted by atomic mass is 10.1. The Morgan fingerprint density at radius 3 is 2.68 bits per heavy atom. The van der Waals surface area contributed by atoms with Crippen LogP contribution >= 0.6 is 0 Å². The maximum absolute atomic E-state index is 4.69. The van der Waals surface area contributed by atoms with E-state index in [2.05, 4.69) is 50.4 Å². The average Bonchev–Trinajstić information content (AvgIpc) is 2.97. The first-order valence-corrected chi connectivity index (χ1v) is 8.34. The second kappa shape index (κ2) is 7.15. The van der Waals surface area contributed by atoms with Gasteiger partial charge in [0.1, 0.15) is 0 Å². The first-order valence-electron chi connectivity index (χ1n) is 8.34. The van der Waals surface area contributed by atoms with Crippen LogP contribution in [0.25, 0.3) is 0 Å². The van der Waals surface area contributed by atoms with E-state index in [9.17, 15) is 0 Å². The van der Waals surface area contributed by atoms with Crippen LogP contribution in [-0.2, 0) is 13.6 Å². The summed E-state index contributed by atoms with van der Waals surface area (Å²) in [6, 6.07) is 2.73. The largest absolute Gasteiger partial charge is 0.357 e. The van der Waals surface area contributed by atoms with Crippen LogP contribution < -0.4 is 10.6 Å². The first-order chi connectivity index (χ1) is 10.7. The Morgan fingerprint density at radius 2 is 2.09 bits per heavy atom. The van der Waals surface area contributed by atoms with Gasteiger partial charge in [0.15, 0.2) is 5.96 Å². The summed E-state index contributed by atoms with van der Waals surface area (Å²) < 4.78 is 2.06. The van der Waals surface area contributed by atoms with E-state index in [0.29, 0.717) is 6.04 Å². The molecule has 3 aliphatic rings. The van der Waals surface area contributed by atoms with Gasteiger partial charge in [0.25, 0.3) is 0 Å². The van der Waals surface area contributed by atoms with Gasteiger partial charge < -0.3 is 15.2 Å². The van der Waals surface area contributed by atoms with Gasteiger partial charge in [-0.05, 0) is 18.6 Å². The molecule has 3 saturated heterocycles. The third-order valence-corrected chi connectivity index (χ3v) is 4.55. The van der Waals surface area contributed by atoms with Crippen LogP contribution in [0.5, 0.6) is 0 Å². The van der Waals surface area contributed by atoms with Crippen molar-refractivity contribution in [3.63, 3.8) is 0 Å². The van der Waals surface area contributed by atoms with Gasteiger partial charge in [0.2, 0.25) is 0 Å². The molecule has 0 aromatic carbocycles. The van der Waals surface area contributed by atoms with Gasteiger partial charge in [0, 0.05) is 71.3 Å². The van der Waals surface area contributed by atoms with Gasteiger partial charge in [-0.25, -0.2) is 4.99 Å². The van der Waals surface area contributed by atoms with E-state index in [-0.39, 0.29) is 0 Å². The lowest BCUT2D eigenvalue weighted by Gasteiger charge is -2.47. The van der Waals surface area contributed by atoms with Crippen molar-refractivity contribution in [2.24, 2.45) is 12.0 Å². The summed E-state index contributed by atoms with van der Waals surface area (Å²) >= 11 is 0. The topological polar surface area (TPSA) is 47.8 Å². The Balaban J connectivity index is 1.52. The van der Waals surface area contributed by atoms with E-state index in [4.69, 9.17) is 4.99 Å². The normalized spacial score (nSPS) is 27.9. The fourth-order valence-corrected chi connectivity index (χ4v) is 3.30. The number of fused-ring (bicyclic) bond motifs is 3. The molecule has 3 fully saturated rings. The third-order valence-electron chi connectivity index (χ3n) is 4.55. The molecule has 1 aromatic heterocycles. The predicted molar refractivity (Wildman–Crippen MR) is 90.0 cm³/mol. The van der Waals surface area contributed by atoms with Crippen LogP contribution in [0.3, 0.4) is 0 Å². The number of hydrogen-bond donors (Lipinski definition) is 2. The molecule has 1 unspecified atom stereocenters. The van der Waals surface area contributed by atoms with Gasteiger partial charge in [-0.15, -0.1) is 0 Å². The summed E-state index contributed by atoms with van der Waals surface area (Å²) in [5, 5.41) is 6.86. The van der Waals surface area contributed by atoms with Crippen LogP contribution in [0.4, 0.5) is 0 Å². The molecular formula is C16H28N6. The molecule has 122 valence electrons. The number of aryl methyl sites for hydroxylation is 1. The van der Waals surface area contributed by atoms with E-state index in [1.807, 2.05) is 7.05 Å². The molecule has 6 nitrogen and oxygen atoms in total. The standard InChI is InChI=1S/C16H28N6/c1-3-17-16(18-10-14-4-5-20(2)12-14)19-11-15-13-21-6-8-22(15)9-7-21/h4-5,12,15H,3,6-11,13H2,1-2H3,(H2,17,18,19).